The van der Waals surface area contributed by atoms with Crippen molar-refractivity contribution in [1.82, 2.24) is 9.38 Å². The van der Waals surface area contributed by atoms with Gasteiger partial charge in [0.25, 0.3) is 4.96 Å². The molecule has 0 saturated heterocycles. The van der Waals surface area contributed by atoms with Crippen molar-refractivity contribution in [3.05, 3.63) is 27.4 Å². The number of rotatable bonds is 4. The van der Waals surface area contributed by atoms with Crippen LogP contribution in [0.1, 0.15) is 25.0 Å². The number of nitro groups is 1. The number of thiazole rings is 1. The second-order valence-corrected chi connectivity index (χ2v) is 4.31. The Morgan fingerprint density at radius 1 is 1.76 bits per heavy atom. The second kappa shape index (κ2) is 4.13. The van der Waals surface area contributed by atoms with Crippen LogP contribution in [-0.2, 0) is 4.79 Å². The molecule has 0 fully saturated rings. The summed E-state index contributed by atoms with van der Waals surface area (Å²) in [7, 11) is 0. The quantitative estimate of drug-likeness (QED) is 0.664. The Labute approximate surface area is 99.5 Å². The minimum absolute atomic E-state index is 0.0249. The lowest BCUT2D eigenvalue weighted by Gasteiger charge is -2.05. The van der Waals surface area contributed by atoms with E-state index < -0.39 is 16.8 Å². The highest BCUT2D eigenvalue weighted by atomic mass is 32.1. The first-order chi connectivity index (χ1) is 8.06. The Bertz CT molecular complexity index is 588. The van der Waals surface area contributed by atoms with Crippen molar-refractivity contribution >= 4 is 28.1 Å². The third kappa shape index (κ3) is 1.76. The van der Waals surface area contributed by atoms with Crippen molar-refractivity contribution in [3.8, 4) is 0 Å². The molecule has 0 bridgehead atoms. The summed E-state index contributed by atoms with van der Waals surface area (Å²) in [5, 5.41) is 21.7. The van der Waals surface area contributed by atoms with Crippen LogP contribution in [0.25, 0.3) is 4.96 Å². The van der Waals surface area contributed by atoms with Crippen LogP contribution in [-0.4, -0.2) is 25.4 Å². The molecule has 90 valence electrons. The van der Waals surface area contributed by atoms with Gasteiger partial charge in [-0.15, -0.1) is 0 Å². The van der Waals surface area contributed by atoms with Gasteiger partial charge in [-0.3, -0.25) is 4.79 Å². The lowest BCUT2D eigenvalue weighted by atomic mass is 10.0. The SMILES string of the molecule is CCC(C(=O)O)c1nc2sccn2c1[N+](=O)[O-]. The molecular formula is C9H9N3O4S. The van der Waals surface area contributed by atoms with Crippen LogP contribution >= 0.6 is 11.3 Å². The molecule has 2 rings (SSSR count). The second-order valence-electron chi connectivity index (χ2n) is 3.43. The Morgan fingerprint density at radius 3 is 3.00 bits per heavy atom. The summed E-state index contributed by atoms with van der Waals surface area (Å²) < 4.78 is 1.31. The Kier molecular flexibility index (Phi) is 2.80. The first-order valence-corrected chi connectivity index (χ1v) is 5.76. The van der Waals surface area contributed by atoms with Crippen molar-refractivity contribution in [2.75, 3.05) is 0 Å². The number of aromatic nitrogens is 2. The first kappa shape index (κ1) is 11.5. The Hall–Kier alpha value is -1.96. The van der Waals surface area contributed by atoms with Gasteiger partial charge in [0.1, 0.15) is 12.1 Å². The van der Waals surface area contributed by atoms with E-state index in [-0.39, 0.29) is 17.9 Å². The van der Waals surface area contributed by atoms with E-state index in [1.54, 1.807) is 12.3 Å². The number of carboxylic acid groups (broad SMARTS) is 1. The van der Waals surface area contributed by atoms with Gasteiger partial charge >= 0.3 is 11.8 Å². The molecule has 0 radical (unpaired) electrons. The van der Waals surface area contributed by atoms with Crippen LogP contribution in [0.4, 0.5) is 5.82 Å². The molecule has 0 aliphatic carbocycles. The van der Waals surface area contributed by atoms with E-state index in [0.717, 1.165) is 0 Å². The van der Waals surface area contributed by atoms with Gasteiger partial charge in [-0.25, -0.2) is 0 Å². The molecular weight excluding hydrogens is 246 g/mol. The summed E-state index contributed by atoms with van der Waals surface area (Å²) in [6.45, 7) is 1.66. The van der Waals surface area contributed by atoms with E-state index in [1.807, 2.05) is 0 Å². The zero-order valence-corrected chi connectivity index (χ0v) is 9.68. The van der Waals surface area contributed by atoms with Gasteiger partial charge in [0.2, 0.25) is 0 Å². The molecule has 0 saturated carbocycles. The van der Waals surface area contributed by atoms with Gasteiger partial charge in [-0.05, 0) is 11.3 Å². The van der Waals surface area contributed by atoms with Crippen molar-refractivity contribution < 1.29 is 14.8 Å². The molecule has 1 atom stereocenters. The average molecular weight is 255 g/mol. The average Bonchev–Trinajstić information content (AvgIpc) is 2.76. The third-order valence-corrected chi connectivity index (χ3v) is 3.23. The molecule has 0 amide bonds. The summed E-state index contributed by atoms with van der Waals surface area (Å²) in [5.74, 6) is -2.29. The Balaban J connectivity index is 2.67. The third-order valence-electron chi connectivity index (χ3n) is 2.47. The highest BCUT2D eigenvalue weighted by Gasteiger charge is 2.32. The molecule has 1 N–H and O–H groups in total. The molecule has 0 aromatic carbocycles. The molecule has 8 heteroatoms. The van der Waals surface area contributed by atoms with E-state index in [2.05, 4.69) is 4.98 Å². The smallest absolute Gasteiger partial charge is 0.352 e. The van der Waals surface area contributed by atoms with E-state index in [4.69, 9.17) is 5.11 Å². The van der Waals surface area contributed by atoms with E-state index >= 15 is 0 Å². The lowest BCUT2D eigenvalue weighted by Crippen LogP contribution is -2.12. The number of aliphatic carboxylic acids is 1. The topological polar surface area (TPSA) is 97.7 Å². The summed E-state index contributed by atoms with van der Waals surface area (Å²) in [4.78, 5) is 25.9. The maximum Gasteiger partial charge on any atom is 0.352 e. The molecule has 2 aromatic heterocycles. The number of imidazole rings is 1. The van der Waals surface area contributed by atoms with Crippen LogP contribution < -0.4 is 0 Å². The molecule has 2 aromatic rings. The number of hydrogen-bond donors (Lipinski definition) is 1. The van der Waals surface area contributed by atoms with Gasteiger partial charge in [0, 0.05) is 5.38 Å². The number of nitrogens with zero attached hydrogens (tertiary/aromatic N) is 3. The predicted octanol–water partition coefficient (Wildman–Crippen LogP) is 1.88. The molecule has 0 aliphatic heterocycles. The molecule has 17 heavy (non-hydrogen) atoms. The number of carboxylic acids is 1. The van der Waals surface area contributed by atoms with Gasteiger partial charge in [-0.2, -0.15) is 9.38 Å². The largest absolute Gasteiger partial charge is 0.481 e. The van der Waals surface area contributed by atoms with E-state index in [9.17, 15) is 14.9 Å². The van der Waals surface area contributed by atoms with E-state index in [1.165, 1.54) is 21.9 Å². The molecule has 0 aliphatic rings. The summed E-state index contributed by atoms with van der Waals surface area (Å²) in [6, 6.07) is 0. The lowest BCUT2D eigenvalue weighted by molar-refractivity contribution is -0.391. The van der Waals surface area contributed by atoms with Crippen molar-refractivity contribution in [1.29, 1.82) is 0 Å². The fourth-order valence-electron chi connectivity index (χ4n) is 1.69. The maximum atomic E-state index is 11.0. The molecule has 0 spiro atoms. The standard InChI is InChI=1S/C9H9N3O4S/c1-2-5(8(13)14)6-7(12(15)16)11-3-4-17-9(11)10-6/h3-5H,2H2,1H3,(H,13,14). The molecule has 7 nitrogen and oxygen atoms in total. The van der Waals surface area contributed by atoms with Crippen molar-refractivity contribution in [2.45, 2.75) is 19.3 Å². The van der Waals surface area contributed by atoms with Crippen LogP contribution in [0.15, 0.2) is 11.6 Å². The molecule has 2 heterocycles. The zero-order chi connectivity index (χ0) is 12.6. The van der Waals surface area contributed by atoms with Crippen LogP contribution in [0.5, 0.6) is 0 Å². The van der Waals surface area contributed by atoms with Crippen LogP contribution in [0, 0.1) is 10.1 Å². The molecule has 1 unspecified atom stereocenters. The predicted molar refractivity (Wildman–Crippen MR) is 60.4 cm³/mol. The van der Waals surface area contributed by atoms with E-state index in [0.29, 0.717) is 4.96 Å². The number of carbonyl (C=O) groups is 1. The van der Waals surface area contributed by atoms with Gasteiger partial charge in [-0.1, -0.05) is 18.3 Å². The maximum absolute atomic E-state index is 11.0. The normalized spacial score (nSPS) is 12.8. The zero-order valence-electron chi connectivity index (χ0n) is 8.86. The fourth-order valence-corrected chi connectivity index (χ4v) is 2.41. The summed E-state index contributed by atoms with van der Waals surface area (Å²) in [5.41, 5.74) is 0.0249. The minimum atomic E-state index is -1.10. The van der Waals surface area contributed by atoms with Crippen LogP contribution in [0.3, 0.4) is 0 Å². The van der Waals surface area contributed by atoms with Crippen LogP contribution in [0.2, 0.25) is 0 Å². The van der Waals surface area contributed by atoms with Gasteiger partial charge in [0.15, 0.2) is 5.69 Å². The number of fused-ring (bicyclic) bond motifs is 1. The van der Waals surface area contributed by atoms with Crippen molar-refractivity contribution in [3.63, 3.8) is 0 Å². The van der Waals surface area contributed by atoms with Gasteiger partial charge < -0.3 is 15.2 Å². The summed E-state index contributed by atoms with van der Waals surface area (Å²) >= 11 is 1.23. The van der Waals surface area contributed by atoms with Crippen molar-refractivity contribution in [2.24, 2.45) is 0 Å². The highest BCUT2D eigenvalue weighted by Crippen LogP contribution is 2.31. The fraction of sp³-hybridized carbons (Fsp3) is 0.333. The summed E-state index contributed by atoms with van der Waals surface area (Å²) in [6.07, 6.45) is 1.78. The number of hydrogen-bond acceptors (Lipinski definition) is 5. The minimum Gasteiger partial charge on any atom is -0.481 e. The van der Waals surface area contributed by atoms with Gasteiger partial charge in [0.05, 0.1) is 0 Å². The highest BCUT2D eigenvalue weighted by molar-refractivity contribution is 7.15. The monoisotopic (exact) mass is 255 g/mol. The first-order valence-electron chi connectivity index (χ1n) is 4.88. The Morgan fingerprint density at radius 2 is 2.47 bits per heavy atom.